The first-order valence-corrected chi connectivity index (χ1v) is 11.1. The van der Waals surface area contributed by atoms with Crippen LogP contribution in [0.4, 0.5) is 4.79 Å². The Morgan fingerprint density at radius 3 is 2.43 bits per heavy atom. The number of carbonyl (C=O) groups is 2. The summed E-state index contributed by atoms with van der Waals surface area (Å²) < 4.78 is 11.6. The maximum atomic E-state index is 12.3. The Hall–Kier alpha value is -1.86. The van der Waals surface area contributed by atoms with Crippen LogP contribution in [0.2, 0.25) is 15.1 Å². The van der Waals surface area contributed by atoms with E-state index in [2.05, 4.69) is 0 Å². The van der Waals surface area contributed by atoms with Gasteiger partial charge in [-0.2, -0.15) is 0 Å². The number of likely N-dealkylation sites (N-methyl/N-ethyl adjacent to an activating group) is 1. The third-order valence-electron chi connectivity index (χ3n) is 4.21. The van der Waals surface area contributed by atoms with Crippen molar-refractivity contribution in [2.24, 2.45) is 0 Å². The lowest BCUT2D eigenvalue weighted by atomic mass is 10.1. The molecule has 0 radical (unpaired) electrons. The van der Waals surface area contributed by atoms with Gasteiger partial charge in [-0.3, -0.25) is 14.5 Å². The van der Waals surface area contributed by atoms with Crippen LogP contribution >= 0.6 is 46.6 Å². The number of amides is 2. The summed E-state index contributed by atoms with van der Waals surface area (Å²) in [6.07, 6.45) is 1.62. The van der Waals surface area contributed by atoms with Crippen LogP contribution in [0.25, 0.3) is 6.08 Å². The number of imide groups is 1. The summed E-state index contributed by atoms with van der Waals surface area (Å²) in [5, 5.41) is 1.05. The van der Waals surface area contributed by atoms with Crippen LogP contribution in [0.15, 0.2) is 35.2 Å². The van der Waals surface area contributed by atoms with Crippen LogP contribution in [-0.2, 0) is 11.4 Å². The van der Waals surface area contributed by atoms with E-state index in [0.717, 1.165) is 17.3 Å². The van der Waals surface area contributed by atoms with E-state index in [1.54, 1.807) is 43.3 Å². The van der Waals surface area contributed by atoms with Crippen molar-refractivity contribution in [3.63, 3.8) is 0 Å². The fourth-order valence-corrected chi connectivity index (χ4v) is 4.43. The molecule has 0 saturated carbocycles. The highest BCUT2D eigenvalue weighted by molar-refractivity contribution is 8.18. The lowest BCUT2D eigenvalue weighted by Gasteiger charge is -2.15. The van der Waals surface area contributed by atoms with Crippen molar-refractivity contribution in [2.75, 3.05) is 13.2 Å². The lowest BCUT2D eigenvalue weighted by Crippen LogP contribution is -2.27. The maximum Gasteiger partial charge on any atom is 0.293 e. The van der Waals surface area contributed by atoms with E-state index in [4.69, 9.17) is 44.3 Å². The number of rotatable bonds is 7. The van der Waals surface area contributed by atoms with Crippen molar-refractivity contribution in [1.82, 2.24) is 4.90 Å². The zero-order chi connectivity index (χ0) is 21.8. The van der Waals surface area contributed by atoms with E-state index in [1.165, 1.54) is 4.90 Å². The molecule has 2 amide bonds. The predicted octanol–water partition coefficient (Wildman–Crippen LogP) is 6.68. The Kier molecular flexibility index (Phi) is 7.58. The molecule has 0 aliphatic carbocycles. The van der Waals surface area contributed by atoms with E-state index in [9.17, 15) is 9.59 Å². The second kappa shape index (κ2) is 9.96. The number of hydrogen-bond donors (Lipinski definition) is 0. The van der Waals surface area contributed by atoms with E-state index in [0.29, 0.717) is 50.2 Å². The van der Waals surface area contributed by atoms with Gasteiger partial charge in [-0.05, 0) is 61.5 Å². The average Bonchev–Trinajstić information content (AvgIpc) is 2.95. The van der Waals surface area contributed by atoms with Gasteiger partial charge >= 0.3 is 0 Å². The van der Waals surface area contributed by atoms with Gasteiger partial charge in [0.15, 0.2) is 11.5 Å². The fourth-order valence-electron chi connectivity index (χ4n) is 2.79. The molecule has 0 unspecified atom stereocenters. The van der Waals surface area contributed by atoms with Crippen molar-refractivity contribution < 1.29 is 19.1 Å². The van der Waals surface area contributed by atoms with Gasteiger partial charge in [0.25, 0.3) is 11.1 Å². The Morgan fingerprint density at radius 1 is 1.03 bits per heavy atom. The summed E-state index contributed by atoms with van der Waals surface area (Å²) in [5.41, 5.74) is 1.37. The van der Waals surface area contributed by atoms with Crippen LogP contribution in [-0.4, -0.2) is 29.2 Å². The van der Waals surface area contributed by atoms with Gasteiger partial charge in [-0.1, -0.05) is 40.9 Å². The molecule has 1 aliphatic heterocycles. The summed E-state index contributed by atoms with van der Waals surface area (Å²) in [4.78, 5) is 25.8. The van der Waals surface area contributed by atoms with Crippen molar-refractivity contribution in [3.05, 3.63) is 61.4 Å². The summed E-state index contributed by atoms with van der Waals surface area (Å²) in [7, 11) is 0. The first kappa shape index (κ1) is 22.8. The van der Waals surface area contributed by atoms with Gasteiger partial charge in [0, 0.05) is 22.2 Å². The van der Waals surface area contributed by atoms with Crippen molar-refractivity contribution in [1.29, 1.82) is 0 Å². The molecule has 0 atom stereocenters. The molecule has 2 aromatic rings. The topological polar surface area (TPSA) is 55.8 Å². The fraction of sp³-hybridized carbons (Fsp3) is 0.238. The zero-order valence-electron chi connectivity index (χ0n) is 16.2. The van der Waals surface area contributed by atoms with Crippen LogP contribution in [0, 0.1) is 0 Å². The Bertz CT molecular complexity index is 1030. The van der Waals surface area contributed by atoms with Gasteiger partial charge < -0.3 is 9.47 Å². The van der Waals surface area contributed by atoms with E-state index in [1.807, 2.05) is 6.92 Å². The summed E-state index contributed by atoms with van der Waals surface area (Å²) in [5.74, 6) is 0.471. The predicted molar refractivity (Wildman–Crippen MR) is 122 cm³/mol. The highest BCUT2D eigenvalue weighted by Gasteiger charge is 2.33. The minimum absolute atomic E-state index is 0.171. The Balaban J connectivity index is 1.88. The average molecular weight is 487 g/mol. The highest BCUT2D eigenvalue weighted by Crippen LogP contribution is 2.39. The minimum atomic E-state index is -0.320. The Morgan fingerprint density at radius 2 is 1.80 bits per heavy atom. The molecule has 1 fully saturated rings. The van der Waals surface area contributed by atoms with Crippen molar-refractivity contribution in [3.8, 4) is 11.5 Å². The number of ether oxygens (including phenoxy) is 2. The largest absolute Gasteiger partial charge is 0.490 e. The molecule has 0 spiro atoms. The first-order valence-electron chi connectivity index (χ1n) is 9.12. The smallest absolute Gasteiger partial charge is 0.293 e. The number of thioether (sulfide) groups is 1. The van der Waals surface area contributed by atoms with Crippen LogP contribution in [0.3, 0.4) is 0 Å². The molecule has 2 aromatic carbocycles. The van der Waals surface area contributed by atoms with Gasteiger partial charge in [0.2, 0.25) is 0 Å². The quantitative estimate of drug-likeness (QED) is 0.409. The third-order valence-corrected chi connectivity index (χ3v) is 5.98. The minimum Gasteiger partial charge on any atom is -0.490 e. The van der Waals surface area contributed by atoms with Gasteiger partial charge in [-0.25, -0.2) is 0 Å². The molecular weight excluding hydrogens is 469 g/mol. The number of hydrogen-bond acceptors (Lipinski definition) is 5. The maximum absolute atomic E-state index is 12.3. The van der Waals surface area contributed by atoms with E-state index < -0.39 is 0 Å². The number of carbonyl (C=O) groups excluding carboxylic acids is 2. The molecule has 158 valence electrons. The second-order valence-corrected chi connectivity index (χ2v) is 8.46. The second-order valence-electron chi connectivity index (χ2n) is 6.21. The Labute approximate surface area is 193 Å². The van der Waals surface area contributed by atoms with Crippen LogP contribution < -0.4 is 9.47 Å². The molecule has 3 rings (SSSR count). The molecule has 0 N–H and O–H groups in total. The normalized spacial score (nSPS) is 15.2. The molecule has 1 aliphatic rings. The molecular formula is C21H18Cl3NO4S. The van der Waals surface area contributed by atoms with Gasteiger partial charge in [0.05, 0.1) is 16.5 Å². The first-order chi connectivity index (χ1) is 14.3. The monoisotopic (exact) mass is 485 g/mol. The summed E-state index contributed by atoms with van der Waals surface area (Å²) in [6.45, 7) is 4.48. The molecule has 9 heteroatoms. The molecule has 1 saturated heterocycles. The molecule has 0 aromatic heterocycles. The summed E-state index contributed by atoms with van der Waals surface area (Å²) in [6, 6.07) is 8.51. The van der Waals surface area contributed by atoms with Gasteiger partial charge in [-0.15, -0.1) is 0 Å². The highest BCUT2D eigenvalue weighted by atomic mass is 35.5. The lowest BCUT2D eigenvalue weighted by molar-refractivity contribution is -0.122. The number of benzene rings is 2. The van der Waals surface area contributed by atoms with Crippen LogP contribution in [0.5, 0.6) is 11.5 Å². The molecule has 1 heterocycles. The molecule has 0 bridgehead atoms. The SMILES string of the molecule is CCOc1cc(/C=C2/SC(=O)N(CC)C2=O)cc(Cl)c1OCc1ccc(Cl)cc1Cl. The number of nitrogens with zero attached hydrogens (tertiary/aromatic N) is 1. The van der Waals surface area contributed by atoms with Crippen LogP contribution in [0.1, 0.15) is 25.0 Å². The van der Waals surface area contributed by atoms with E-state index >= 15 is 0 Å². The number of halogens is 3. The van der Waals surface area contributed by atoms with Gasteiger partial charge in [0.1, 0.15) is 6.61 Å². The summed E-state index contributed by atoms with van der Waals surface area (Å²) >= 11 is 19.5. The standard InChI is InChI=1S/C21H18Cl3NO4S/c1-3-25-20(26)18(30-21(25)27)9-12-7-16(24)19(17(8-12)28-4-2)29-11-13-5-6-14(22)10-15(13)23/h5-10H,3-4,11H2,1-2H3/b18-9+. The molecule has 30 heavy (non-hydrogen) atoms. The molecule has 5 nitrogen and oxygen atoms in total. The third kappa shape index (κ3) is 5.06. The zero-order valence-corrected chi connectivity index (χ0v) is 19.3. The van der Waals surface area contributed by atoms with Crippen molar-refractivity contribution >= 4 is 63.8 Å². The van der Waals surface area contributed by atoms with E-state index in [-0.39, 0.29) is 17.8 Å². The van der Waals surface area contributed by atoms with Crippen molar-refractivity contribution in [2.45, 2.75) is 20.5 Å².